The van der Waals surface area contributed by atoms with Crippen molar-refractivity contribution in [3.05, 3.63) is 54.2 Å². The number of nitrogens with one attached hydrogen (secondary N) is 2. The standard InChI is InChI=1S/C23H29N3O3/c1-16-14-25(10-11-26(16)17-4-6-18(28-2)7-5-17)15-23(27)21-13-24-22-9-8-19(29-3)12-20(21)22/h4-9,12-13,16,23-24,27H,10-11,14-15H2,1-3H3/p+1/t16-,23-/m0/s1. The molecule has 1 aliphatic heterocycles. The van der Waals surface area contributed by atoms with Gasteiger partial charge in [0, 0.05) is 28.4 Å². The van der Waals surface area contributed by atoms with Crippen molar-refractivity contribution in [2.45, 2.75) is 19.1 Å². The predicted octanol–water partition coefficient (Wildman–Crippen LogP) is 2.01. The van der Waals surface area contributed by atoms with Gasteiger partial charge < -0.3 is 29.4 Å². The Morgan fingerprint density at radius 3 is 2.55 bits per heavy atom. The zero-order chi connectivity index (χ0) is 20.4. The fourth-order valence-electron chi connectivity index (χ4n) is 4.38. The van der Waals surface area contributed by atoms with E-state index < -0.39 is 6.10 Å². The number of hydrogen-bond acceptors (Lipinski definition) is 4. The van der Waals surface area contributed by atoms with Gasteiger partial charge in [0.05, 0.1) is 39.9 Å². The highest BCUT2D eigenvalue weighted by molar-refractivity contribution is 5.85. The lowest BCUT2D eigenvalue weighted by Gasteiger charge is -2.39. The van der Waals surface area contributed by atoms with Crippen LogP contribution in [-0.4, -0.2) is 56.5 Å². The zero-order valence-corrected chi connectivity index (χ0v) is 17.3. The maximum absolute atomic E-state index is 10.9. The molecule has 29 heavy (non-hydrogen) atoms. The lowest BCUT2D eigenvalue weighted by Crippen LogP contribution is -3.16. The zero-order valence-electron chi connectivity index (χ0n) is 17.3. The SMILES string of the molecule is COc1ccc(N2CC[NH+](C[C@H](O)c3c[nH]c4ccc(OC)cc34)C[C@@H]2C)cc1. The topological polar surface area (TPSA) is 62.2 Å². The largest absolute Gasteiger partial charge is 0.497 e. The maximum atomic E-state index is 10.9. The molecule has 4 rings (SSSR count). The highest BCUT2D eigenvalue weighted by Gasteiger charge is 2.29. The number of H-pyrrole nitrogens is 1. The molecule has 1 aliphatic rings. The smallest absolute Gasteiger partial charge is 0.130 e. The Balaban J connectivity index is 1.42. The molecular weight excluding hydrogens is 366 g/mol. The highest BCUT2D eigenvalue weighted by Crippen LogP contribution is 2.27. The molecule has 0 spiro atoms. The summed E-state index contributed by atoms with van der Waals surface area (Å²) in [6.45, 7) is 5.92. The van der Waals surface area contributed by atoms with Gasteiger partial charge in [0.2, 0.25) is 0 Å². The van der Waals surface area contributed by atoms with E-state index in [0.717, 1.165) is 47.6 Å². The first-order chi connectivity index (χ1) is 14.1. The van der Waals surface area contributed by atoms with Gasteiger partial charge in [-0.25, -0.2) is 0 Å². The summed E-state index contributed by atoms with van der Waals surface area (Å²) in [6, 6.07) is 14.6. The van der Waals surface area contributed by atoms with Gasteiger partial charge in [-0.3, -0.25) is 0 Å². The van der Waals surface area contributed by atoms with Gasteiger partial charge in [0.1, 0.15) is 24.1 Å². The number of aromatic amines is 1. The molecule has 0 bridgehead atoms. The van der Waals surface area contributed by atoms with Crippen molar-refractivity contribution in [3.8, 4) is 11.5 Å². The number of aliphatic hydroxyl groups is 1. The van der Waals surface area contributed by atoms with Crippen LogP contribution >= 0.6 is 0 Å². The van der Waals surface area contributed by atoms with Crippen LogP contribution < -0.4 is 19.3 Å². The minimum Gasteiger partial charge on any atom is -0.497 e. The number of piperazine rings is 1. The number of aromatic nitrogens is 1. The summed E-state index contributed by atoms with van der Waals surface area (Å²) in [5.41, 5.74) is 3.19. The first-order valence-electron chi connectivity index (χ1n) is 10.2. The van der Waals surface area contributed by atoms with Gasteiger partial charge in [-0.05, 0) is 49.4 Å². The van der Waals surface area contributed by atoms with Crippen LogP contribution in [0.3, 0.4) is 0 Å². The van der Waals surface area contributed by atoms with E-state index >= 15 is 0 Å². The normalized spacial score (nSPS) is 20.6. The van der Waals surface area contributed by atoms with Gasteiger partial charge in [-0.15, -0.1) is 0 Å². The molecule has 154 valence electrons. The third-order valence-electron chi connectivity index (χ3n) is 5.99. The highest BCUT2D eigenvalue weighted by atomic mass is 16.5. The monoisotopic (exact) mass is 396 g/mol. The average molecular weight is 397 g/mol. The summed E-state index contributed by atoms with van der Waals surface area (Å²) < 4.78 is 10.6. The van der Waals surface area contributed by atoms with Crippen LogP contribution in [0, 0.1) is 0 Å². The number of rotatable bonds is 6. The number of aliphatic hydroxyl groups excluding tert-OH is 1. The van der Waals surface area contributed by atoms with Gasteiger partial charge in [-0.2, -0.15) is 0 Å². The molecule has 2 heterocycles. The Morgan fingerprint density at radius 1 is 1.14 bits per heavy atom. The summed E-state index contributed by atoms with van der Waals surface area (Å²) in [7, 11) is 3.35. The second-order valence-corrected chi connectivity index (χ2v) is 7.82. The molecule has 6 heteroatoms. The average Bonchev–Trinajstić information content (AvgIpc) is 3.17. The molecule has 6 nitrogen and oxygen atoms in total. The van der Waals surface area contributed by atoms with Crippen molar-refractivity contribution in [1.29, 1.82) is 0 Å². The molecule has 3 N–H and O–H groups in total. The van der Waals surface area contributed by atoms with Crippen molar-refractivity contribution in [2.75, 3.05) is 45.3 Å². The van der Waals surface area contributed by atoms with Crippen LogP contribution in [0.1, 0.15) is 18.6 Å². The molecule has 1 unspecified atom stereocenters. The summed E-state index contributed by atoms with van der Waals surface area (Å²) in [4.78, 5) is 7.12. The van der Waals surface area contributed by atoms with E-state index in [2.05, 4.69) is 28.9 Å². The van der Waals surface area contributed by atoms with Crippen LogP contribution in [0.4, 0.5) is 5.69 Å². The van der Waals surface area contributed by atoms with E-state index in [1.165, 1.54) is 10.6 Å². The van der Waals surface area contributed by atoms with E-state index in [-0.39, 0.29) is 0 Å². The molecular formula is C23H30N3O3+. The van der Waals surface area contributed by atoms with Crippen molar-refractivity contribution in [2.24, 2.45) is 0 Å². The number of methoxy groups -OCH3 is 2. The second kappa shape index (κ2) is 8.35. The summed E-state index contributed by atoms with van der Waals surface area (Å²) in [6.07, 6.45) is 1.41. The molecule has 0 amide bonds. The number of quaternary nitrogens is 1. The van der Waals surface area contributed by atoms with Crippen molar-refractivity contribution in [1.82, 2.24) is 4.98 Å². The Morgan fingerprint density at radius 2 is 1.86 bits per heavy atom. The number of nitrogens with zero attached hydrogens (tertiary/aromatic N) is 1. The number of benzene rings is 2. The number of hydrogen-bond donors (Lipinski definition) is 3. The number of anilines is 1. The van der Waals surface area contributed by atoms with Crippen LogP contribution in [0.25, 0.3) is 10.9 Å². The van der Waals surface area contributed by atoms with Gasteiger partial charge in [-0.1, -0.05) is 0 Å². The van der Waals surface area contributed by atoms with Crippen LogP contribution in [-0.2, 0) is 0 Å². The van der Waals surface area contributed by atoms with Crippen molar-refractivity contribution < 1.29 is 19.5 Å². The number of fused-ring (bicyclic) bond motifs is 1. The van der Waals surface area contributed by atoms with E-state index in [1.807, 2.05) is 36.5 Å². The predicted molar refractivity (Wildman–Crippen MR) is 115 cm³/mol. The maximum Gasteiger partial charge on any atom is 0.130 e. The fourth-order valence-corrected chi connectivity index (χ4v) is 4.38. The van der Waals surface area contributed by atoms with E-state index in [9.17, 15) is 5.11 Å². The van der Waals surface area contributed by atoms with Crippen LogP contribution in [0.2, 0.25) is 0 Å². The molecule has 0 radical (unpaired) electrons. The molecule has 3 atom stereocenters. The summed E-state index contributed by atoms with van der Waals surface area (Å²) in [5.74, 6) is 1.68. The van der Waals surface area contributed by atoms with Crippen molar-refractivity contribution in [3.63, 3.8) is 0 Å². The minimum atomic E-state index is -0.509. The van der Waals surface area contributed by atoms with E-state index in [0.29, 0.717) is 12.6 Å². The second-order valence-electron chi connectivity index (χ2n) is 7.82. The summed E-state index contributed by atoms with van der Waals surface area (Å²) in [5, 5.41) is 12.0. The van der Waals surface area contributed by atoms with Gasteiger partial charge >= 0.3 is 0 Å². The molecule has 0 saturated carbocycles. The Kier molecular flexibility index (Phi) is 5.65. The molecule has 0 aliphatic carbocycles. The molecule has 1 aromatic heterocycles. The third kappa shape index (κ3) is 4.04. The lowest BCUT2D eigenvalue weighted by atomic mass is 10.1. The molecule has 1 saturated heterocycles. The third-order valence-corrected chi connectivity index (χ3v) is 5.99. The first-order valence-corrected chi connectivity index (χ1v) is 10.2. The van der Waals surface area contributed by atoms with Gasteiger partial charge in [0.15, 0.2) is 0 Å². The Hall–Kier alpha value is -2.70. The Labute approximate surface area is 171 Å². The quantitative estimate of drug-likeness (QED) is 0.597. The minimum absolute atomic E-state index is 0.405. The van der Waals surface area contributed by atoms with E-state index in [4.69, 9.17) is 9.47 Å². The molecule has 1 fully saturated rings. The first kappa shape index (κ1) is 19.6. The lowest BCUT2D eigenvalue weighted by molar-refractivity contribution is -0.906. The van der Waals surface area contributed by atoms with Crippen LogP contribution in [0.5, 0.6) is 11.5 Å². The molecule has 2 aromatic carbocycles. The Bertz CT molecular complexity index is 954. The fraction of sp³-hybridized carbons (Fsp3) is 0.391. The summed E-state index contributed by atoms with van der Waals surface area (Å²) >= 11 is 0. The number of ether oxygens (including phenoxy) is 2. The van der Waals surface area contributed by atoms with Crippen molar-refractivity contribution >= 4 is 16.6 Å². The van der Waals surface area contributed by atoms with Gasteiger partial charge in [0.25, 0.3) is 0 Å². The molecule has 3 aromatic rings. The van der Waals surface area contributed by atoms with E-state index in [1.54, 1.807) is 14.2 Å². The van der Waals surface area contributed by atoms with Crippen LogP contribution in [0.15, 0.2) is 48.7 Å².